The van der Waals surface area contributed by atoms with Gasteiger partial charge < -0.3 is 10.0 Å². The molecule has 1 saturated heterocycles. The molecular formula is C12H13NO3S. The molecule has 1 aliphatic heterocycles. The monoisotopic (exact) mass is 251 g/mol. The van der Waals surface area contributed by atoms with Crippen molar-refractivity contribution in [2.75, 3.05) is 6.54 Å². The fourth-order valence-corrected chi connectivity index (χ4v) is 2.89. The van der Waals surface area contributed by atoms with Crippen LogP contribution in [0.15, 0.2) is 30.3 Å². The van der Waals surface area contributed by atoms with E-state index < -0.39 is 5.97 Å². The molecule has 2 rings (SSSR count). The lowest BCUT2D eigenvalue weighted by Gasteiger charge is -2.38. The number of nitrogens with zero attached hydrogens (tertiary/aromatic N) is 1. The molecule has 1 atom stereocenters. The molecular weight excluding hydrogens is 238 g/mol. The molecule has 1 heterocycles. The van der Waals surface area contributed by atoms with E-state index in [0.29, 0.717) is 6.42 Å². The minimum Gasteiger partial charge on any atom is -0.480 e. The molecule has 1 amide bonds. The molecule has 1 aliphatic rings. The van der Waals surface area contributed by atoms with Crippen LogP contribution in [0.5, 0.6) is 0 Å². The molecule has 0 aliphatic carbocycles. The Balaban J connectivity index is 1.84. The largest absolute Gasteiger partial charge is 0.480 e. The lowest BCUT2D eigenvalue weighted by Crippen LogP contribution is -2.52. The third-order valence-corrected chi connectivity index (χ3v) is 3.91. The number of carboxylic acid groups (broad SMARTS) is 1. The second-order valence-corrected chi connectivity index (χ2v) is 5.04. The van der Waals surface area contributed by atoms with Crippen molar-refractivity contribution >= 4 is 23.6 Å². The average Bonchev–Trinajstić information content (AvgIpc) is 2.33. The first-order valence-electron chi connectivity index (χ1n) is 5.33. The van der Waals surface area contributed by atoms with Crippen molar-refractivity contribution in [2.24, 2.45) is 0 Å². The molecule has 1 N–H and O–H groups in total. The lowest BCUT2D eigenvalue weighted by atomic mass is 10.2. The third-order valence-electron chi connectivity index (χ3n) is 2.61. The Bertz CT molecular complexity index is 421. The maximum atomic E-state index is 11.2. The lowest BCUT2D eigenvalue weighted by molar-refractivity contribution is -0.151. The Morgan fingerprint density at radius 2 is 2.12 bits per heavy atom. The van der Waals surface area contributed by atoms with Crippen molar-refractivity contribution in [3.05, 3.63) is 35.9 Å². The summed E-state index contributed by atoms with van der Waals surface area (Å²) in [5.74, 6) is -0.226. The maximum Gasteiger partial charge on any atom is 0.323 e. The number of aliphatic carboxylic acids is 1. The number of carbonyl (C=O) groups excluding carboxylic acids is 1. The van der Waals surface area contributed by atoms with Gasteiger partial charge in [-0.05, 0) is 5.56 Å². The van der Waals surface area contributed by atoms with Gasteiger partial charge in [0.2, 0.25) is 5.91 Å². The van der Waals surface area contributed by atoms with Gasteiger partial charge in [-0.1, -0.05) is 30.3 Å². The smallest absolute Gasteiger partial charge is 0.323 e. The van der Waals surface area contributed by atoms with Gasteiger partial charge in [0.05, 0.1) is 11.8 Å². The van der Waals surface area contributed by atoms with Gasteiger partial charge in [-0.15, -0.1) is 11.8 Å². The summed E-state index contributed by atoms with van der Waals surface area (Å²) >= 11 is 1.61. The van der Waals surface area contributed by atoms with Crippen LogP contribution in [0.4, 0.5) is 0 Å². The second-order valence-electron chi connectivity index (χ2n) is 3.87. The van der Waals surface area contributed by atoms with Crippen molar-refractivity contribution in [3.8, 4) is 0 Å². The molecule has 0 saturated carbocycles. The molecule has 4 nitrogen and oxygen atoms in total. The highest BCUT2D eigenvalue weighted by Gasteiger charge is 2.37. The van der Waals surface area contributed by atoms with Gasteiger partial charge in [-0.25, -0.2) is 0 Å². The number of hydrogen-bond acceptors (Lipinski definition) is 3. The topological polar surface area (TPSA) is 57.6 Å². The van der Waals surface area contributed by atoms with E-state index in [1.165, 1.54) is 10.5 Å². The van der Waals surface area contributed by atoms with E-state index in [-0.39, 0.29) is 17.8 Å². The van der Waals surface area contributed by atoms with Gasteiger partial charge >= 0.3 is 5.97 Å². The van der Waals surface area contributed by atoms with Crippen LogP contribution >= 0.6 is 11.8 Å². The van der Waals surface area contributed by atoms with Gasteiger partial charge in [0.15, 0.2) is 0 Å². The highest BCUT2D eigenvalue weighted by atomic mass is 32.2. The van der Waals surface area contributed by atoms with E-state index in [9.17, 15) is 9.59 Å². The summed E-state index contributed by atoms with van der Waals surface area (Å²) in [5, 5.41) is 8.68. The Hall–Kier alpha value is -1.49. The molecule has 0 bridgehead atoms. The number of benzene rings is 1. The van der Waals surface area contributed by atoms with Crippen molar-refractivity contribution in [2.45, 2.75) is 17.5 Å². The van der Waals surface area contributed by atoms with Crippen LogP contribution in [0.25, 0.3) is 0 Å². The Labute approximate surface area is 104 Å². The third kappa shape index (κ3) is 3.00. The molecule has 0 aromatic heterocycles. The Morgan fingerprint density at radius 3 is 2.71 bits per heavy atom. The number of carboxylic acids is 1. The number of carbonyl (C=O) groups is 2. The quantitative estimate of drug-likeness (QED) is 0.807. The zero-order valence-corrected chi connectivity index (χ0v) is 10.0. The van der Waals surface area contributed by atoms with Crippen molar-refractivity contribution in [1.82, 2.24) is 4.90 Å². The summed E-state index contributed by atoms with van der Waals surface area (Å²) in [4.78, 5) is 23.2. The van der Waals surface area contributed by atoms with Crippen LogP contribution in [0.2, 0.25) is 0 Å². The summed E-state index contributed by atoms with van der Waals surface area (Å²) in [6.07, 6.45) is 0.449. The van der Waals surface area contributed by atoms with Gasteiger partial charge in [0.25, 0.3) is 0 Å². The zero-order chi connectivity index (χ0) is 12.3. The minimum atomic E-state index is -0.955. The molecule has 1 aromatic carbocycles. The number of hydrogen-bond donors (Lipinski definition) is 1. The summed E-state index contributed by atoms with van der Waals surface area (Å²) in [5.41, 5.74) is 1.19. The molecule has 90 valence electrons. The van der Waals surface area contributed by atoms with E-state index in [2.05, 4.69) is 0 Å². The predicted molar refractivity (Wildman–Crippen MR) is 65.5 cm³/mol. The fraction of sp³-hybridized carbons (Fsp3) is 0.333. The highest BCUT2D eigenvalue weighted by Crippen LogP contribution is 2.31. The second kappa shape index (κ2) is 5.23. The number of likely N-dealkylation sites (tertiary alicyclic amines) is 1. The number of rotatable bonds is 5. The van der Waals surface area contributed by atoms with Crippen molar-refractivity contribution in [3.63, 3.8) is 0 Å². The Morgan fingerprint density at radius 1 is 1.41 bits per heavy atom. The van der Waals surface area contributed by atoms with E-state index in [4.69, 9.17) is 5.11 Å². The summed E-state index contributed by atoms with van der Waals surface area (Å²) in [7, 11) is 0. The van der Waals surface area contributed by atoms with Crippen molar-refractivity contribution < 1.29 is 14.7 Å². The number of amides is 1. The van der Waals surface area contributed by atoms with Crippen LogP contribution < -0.4 is 0 Å². The van der Waals surface area contributed by atoms with E-state index in [1.807, 2.05) is 30.3 Å². The summed E-state index contributed by atoms with van der Waals surface area (Å²) in [6.45, 7) is -0.189. The molecule has 0 spiro atoms. The van der Waals surface area contributed by atoms with E-state index in [0.717, 1.165) is 5.75 Å². The summed E-state index contributed by atoms with van der Waals surface area (Å²) in [6, 6.07) is 9.94. The zero-order valence-electron chi connectivity index (χ0n) is 9.20. The standard InChI is InChI=1S/C12H13NO3S/c14-10-6-11(13(10)7-12(15)16)17-8-9-4-2-1-3-5-9/h1-5,11H,6-8H2,(H,15,16). The first-order valence-corrected chi connectivity index (χ1v) is 6.38. The molecule has 1 aromatic rings. The van der Waals surface area contributed by atoms with Gasteiger partial charge in [0.1, 0.15) is 6.54 Å². The van der Waals surface area contributed by atoms with Gasteiger partial charge in [-0.2, -0.15) is 0 Å². The minimum absolute atomic E-state index is 0.0128. The van der Waals surface area contributed by atoms with Gasteiger partial charge in [-0.3, -0.25) is 9.59 Å². The predicted octanol–water partition coefficient (Wildman–Crippen LogP) is 1.56. The normalized spacial score (nSPS) is 18.9. The van der Waals surface area contributed by atoms with Crippen molar-refractivity contribution in [1.29, 1.82) is 0 Å². The van der Waals surface area contributed by atoms with Crippen LogP contribution in [0.1, 0.15) is 12.0 Å². The van der Waals surface area contributed by atoms with Crippen LogP contribution in [0.3, 0.4) is 0 Å². The first kappa shape index (κ1) is 12.0. The summed E-state index contributed by atoms with van der Waals surface area (Å²) < 4.78 is 0. The molecule has 1 fully saturated rings. The average molecular weight is 251 g/mol. The van der Waals surface area contributed by atoms with Crippen LogP contribution in [-0.2, 0) is 15.3 Å². The van der Waals surface area contributed by atoms with E-state index in [1.54, 1.807) is 11.8 Å². The Kier molecular flexibility index (Phi) is 3.68. The first-order chi connectivity index (χ1) is 8.16. The molecule has 17 heavy (non-hydrogen) atoms. The number of thioether (sulfide) groups is 1. The molecule has 1 unspecified atom stereocenters. The highest BCUT2D eigenvalue weighted by molar-refractivity contribution is 7.99. The van der Waals surface area contributed by atoms with Crippen LogP contribution in [-0.4, -0.2) is 33.8 Å². The fourth-order valence-electron chi connectivity index (χ4n) is 1.68. The van der Waals surface area contributed by atoms with E-state index >= 15 is 0 Å². The van der Waals surface area contributed by atoms with Crippen LogP contribution in [0, 0.1) is 0 Å². The molecule has 0 radical (unpaired) electrons. The SMILES string of the molecule is O=C(O)CN1C(=O)CC1SCc1ccccc1. The molecule has 5 heteroatoms. The maximum absolute atomic E-state index is 11.2. The van der Waals surface area contributed by atoms with Gasteiger partial charge in [0, 0.05) is 5.75 Å². The number of β-lactam (4-membered cyclic amide) rings is 1.